The summed E-state index contributed by atoms with van der Waals surface area (Å²) in [7, 11) is -4.62. The van der Waals surface area contributed by atoms with E-state index in [0.717, 1.165) is 0 Å². The van der Waals surface area contributed by atoms with Gasteiger partial charge in [0.1, 0.15) is 6.61 Å². The molecule has 7 nitrogen and oxygen atoms in total. The normalized spacial score (nSPS) is 10.8. The maximum Gasteiger partial charge on any atom is 0.470 e. The maximum atomic E-state index is 10.5. The van der Waals surface area contributed by atoms with Gasteiger partial charge in [0, 0.05) is 0 Å². The van der Waals surface area contributed by atoms with E-state index in [9.17, 15) is 14.2 Å². The van der Waals surface area contributed by atoms with Crippen LogP contribution in [0.1, 0.15) is 0 Å². The fourth-order valence-corrected chi connectivity index (χ4v) is 0.637. The van der Waals surface area contributed by atoms with E-state index in [1.807, 2.05) is 0 Å². The first-order valence-electron chi connectivity index (χ1n) is 2.73. The lowest BCUT2D eigenvalue weighted by Gasteiger charge is -2.02. The Bertz CT molecular complexity index is 205. The summed E-state index contributed by atoms with van der Waals surface area (Å²) >= 11 is 0. The van der Waals surface area contributed by atoms with Crippen molar-refractivity contribution in [2.24, 2.45) is 0 Å². The largest absolute Gasteiger partial charge is 0.470 e. The number of phosphoric acid groups is 1. The number of ketones is 1. The molecule has 0 heterocycles. The Balaban J connectivity index is 3.58. The molecule has 0 aliphatic rings. The van der Waals surface area contributed by atoms with Crippen LogP contribution in [0.15, 0.2) is 0 Å². The van der Waals surface area contributed by atoms with Crippen LogP contribution in [0.25, 0.3) is 0 Å². The van der Waals surface area contributed by atoms with Crippen molar-refractivity contribution in [2.45, 2.75) is 0 Å². The van der Waals surface area contributed by atoms with Crippen LogP contribution in [0.3, 0.4) is 0 Å². The summed E-state index contributed by atoms with van der Waals surface area (Å²) in [6.45, 7) is -1.28. The topological polar surface area (TPSA) is 110 Å². The molecule has 2 N–H and O–H groups in total. The van der Waals surface area contributed by atoms with Crippen LogP contribution < -0.4 is 0 Å². The molecule has 0 aromatic heterocycles. The monoisotopic (exact) mass is 198 g/mol. The van der Waals surface area contributed by atoms with E-state index in [1.54, 1.807) is 0 Å². The lowest BCUT2D eigenvalue weighted by Crippen LogP contribution is -2.13. The molecule has 8 heteroatoms. The number of ether oxygens (including phenoxy) is 1. The van der Waals surface area contributed by atoms with Crippen LogP contribution in [0, 0.1) is 0 Å². The third kappa shape index (κ3) is 7.36. The van der Waals surface area contributed by atoms with Crippen molar-refractivity contribution in [1.29, 1.82) is 0 Å². The Kier molecular flexibility index (Phi) is 4.68. The first-order valence-corrected chi connectivity index (χ1v) is 4.26. The highest BCUT2D eigenvalue weighted by atomic mass is 31.2. The van der Waals surface area contributed by atoms with Gasteiger partial charge in [0.25, 0.3) is 6.47 Å². The maximum absolute atomic E-state index is 10.5. The molecule has 12 heavy (non-hydrogen) atoms. The van der Waals surface area contributed by atoms with Gasteiger partial charge < -0.3 is 14.5 Å². The molecular weight excluding hydrogens is 191 g/mol. The third-order valence-electron chi connectivity index (χ3n) is 0.706. The van der Waals surface area contributed by atoms with Gasteiger partial charge in [-0.15, -0.1) is 0 Å². The second-order valence-corrected chi connectivity index (χ2v) is 2.95. The summed E-state index contributed by atoms with van der Waals surface area (Å²) in [6, 6.07) is 0. The average Bonchev–Trinajstić information content (AvgIpc) is 1.95. The fraction of sp³-hybridized carbons (Fsp3) is 0.500. The first kappa shape index (κ1) is 11.2. The van der Waals surface area contributed by atoms with Gasteiger partial charge in [-0.3, -0.25) is 14.1 Å². The van der Waals surface area contributed by atoms with E-state index >= 15 is 0 Å². The molecule has 0 aliphatic carbocycles. The molecule has 0 aromatic carbocycles. The summed E-state index contributed by atoms with van der Waals surface area (Å²) in [5, 5.41) is 0. The van der Waals surface area contributed by atoms with Crippen molar-refractivity contribution in [3.63, 3.8) is 0 Å². The molecule has 0 bridgehead atoms. The standard InChI is InChI=1S/C4H7O7P/c5-3-10-1-4(6)2-11-12(7,8)9/h3H,1-2H2,(H2,7,8,9). The summed E-state index contributed by atoms with van der Waals surface area (Å²) in [4.78, 5) is 36.3. The summed E-state index contributed by atoms with van der Waals surface area (Å²) in [5.41, 5.74) is 0. The minimum absolute atomic E-state index is 0.0510. The van der Waals surface area contributed by atoms with Gasteiger partial charge >= 0.3 is 7.82 Å². The summed E-state index contributed by atoms with van der Waals surface area (Å²) in [6.07, 6.45) is 0. The molecule has 0 fully saturated rings. The lowest BCUT2D eigenvalue weighted by molar-refractivity contribution is -0.137. The van der Waals surface area contributed by atoms with Gasteiger partial charge in [-0.1, -0.05) is 0 Å². The quantitative estimate of drug-likeness (QED) is 0.409. The van der Waals surface area contributed by atoms with Crippen LogP contribution in [-0.4, -0.2) is 35.3 Å². The highest BCUT2D eigenvalue weighted by Crippen LogP contribution is 2.35. The number of Topliss-reactive ketones (excluding diaryl/α,β-unsaturated/α-hetero) is 1. The van der Waals surface area contributed by atoms with Crippen molar-refractivity contribution in [3.05, 3.63) is 0 Å². The zero-order chi connectivity index (χ0) is 9.61. The Labute approximate surface area is 67.5 Å². The Morgan fingerprint density at radius 2 is 2.00 bits per heavy atom. The smallest absolute Gasteiger partial charge is 0.460 e. The molecule has 70 valence electrons. The van der Waals surface area contributed by atoms with Crippen LogP contribution in [0.2, 0.25) is 0 Å². The van der Waals surface area contributed by atoms with Crippen molar-refractivity contribution in [2.75, 3.05) is 13.2 Å². The van der Waals surface area contributed by atoms with Gasteiger partial charge in [0.2, 0.25) is 0 Å². The number of hydrogen-bond acceptors (Lipinski definition) is 5. The minimum Gasteiger partial charge on any atom is -0.460 e. The van der Waals surface area contributed by atoms with Gasteiger partial charge in [0.15, 0.2) is 12.4 Å². The first-order chi connectivity index (χ1) is 5.45. The third-order valence-corrected chi connectivity index (χ3v) is 1.17. The molecular formula is C4H7O7P. The average molecular weight is 198 g/mol. The zero-order valence-electron chi connectivity index (χ0n) is 5.87. The number of carbonyl (C=O) groups is 2. The summed E-state index contributed by atoms with van der Waals surface area (Å²) < 4.78 is 17.8. The second kappa shape index (κ2) is 5.00. The molecule has 0 amide bonds. The molecule has 0 unspecified atom stereocenters. The van der Waals surface area contributed by atoms with Crippen molar-refractivity contribution in [1.82, 2.24) is 0 Å². The van der Waals surface area contributed by atoms with E-state index in [0.29, 0.717) is 0 Å². The predicted octanol–water partition coefficient (Wildman–Crippen LogP) is -1.16. The zero-order valence-corrected chi connectivity index (χ0v) is 6.77. The Morgan fingerprint density at radius 1 is 1.42 bits per heavy atom. The van der Waals surface area contributed by atoms with E-state index < -0.39 is 26.8 Å². The Hall–Kier alpha value is -0.750. The molecule has 0 radical (unpaired) electrons. The predicted molar refractivity (Wildman–Crippen MR) is 35.0 cm³/mol. The molecule has 0 aliphatic heterocycles. The molecule has 0 aromatic rings. The van der Waals surface area contributed by atoms with Crippen molar-refractivity contribution in [3.8, 4) is 0 Å². The summed E-state index contributed by atoms with van der Waals surface area (Å²) in [5.74, 6) is -0.731. The van der Waals surface area contributed by atoms with E-state index in [-0.39, 0.29) is 6.47 Å². The Morgan fingerprint density at radius 3 is 2.42 bits per heavy atom. The number of phosphoric ester groups is 1. The van der Waals surface area contributed by atoms with Crippen molar-refractivity contribution < 1.29 is 33.2 Å². The van der Waals surface area contributed by atoms with E-state index in [1.165, 1.54) is 0 Å². The molecule has 0 spiro atoms. The number of hydrogen-bond donors (Lipinski definition) is 2. The fourth-order valence-electron chi connectivity index (χ4n) is 0.325. The molecule has 0 rings (SSSR count). The number of carbonyl (C=O) groups excluding carboxylic acids is 2. The van der Waals surface area contributed by atoms with Crippen molar-refractivity contribution >= 4 is 20.1 Å². The molecule has 0 atom stereocenters. The van der Waals surface area contributed by atoms with Crippen LogP contribution in [0.4, 0.5) is 0 Å². The van der Waals surface area contributed by atoms with Gasteiger partial charge in [-0.2, -0.15) is 0 Å². The number of rotatable bonds is 6. The molecule has 0 saturated heterocycles. The SMILES string of the molecule is O=COCC(=O)COP(=O)(O)O. The van der Waals surface area contributed by atoms with Gasteiger partial charge in [0.05, 0.1) is 0 Å². The highest BCUT2D eigenvalue weighted by Gasteiger charge is 2.16. The van der Waals surface area contributed by atoms with Crippen LogP contribution in [-0.2, 0) is 23.4 Å². The van der Waals surface area contributed by atoms with E-state index in [4.69, 9.17) is 9.79 Å². The lowest BCUT2D eigenvalue weighted by atomic mass is 10.5. The molecule has 0 saturated carbocycles. The van der Waals surface area contributed by atoms with Crippen LogP contribution >= 0.6 is 7.82 Å². The highest BCUT2D eigenvalue weighted by molar-refractivity contribution is 7.46. The van der Waals surface area contributed by atoms with Gasteiger partial charge in [-0.05, 0) is 0 Å². The van der Waals surface area contributed by atoms with Crippen LogP contribution in [0.5, 0.6) is 0 Å². The minimum atomic E-state index is -4.62. The van der Waals surface area contributed by atoms with Gasteiger partial charge in [-0.25, -0.2) is 4.57 Å². The van der Waals surface area contributed by atoms with E-state index in [2.05, 4.69) is 9.26 Å². The second-order valence-electron chi connectivity index (χ2n) is 1.71.